The summed E-state index contributed by atoms with van der Waals surface area (Å²) in [6.45, 7) is 11.2. The molecule has 1 aliphatic rings. The van der Waals surface area contributed by atoms with Gasteiger partial charge in [-0.1, -0.05) is 65.0 Å². The fourth-order valence-electron chi connectivity index (χ4n) is 4.56. The average molecular weight is 587 g/mol. The molecule has 0 bridgehead atoms. The Kier molecular flexibility index (Phi) is 18.0. The van der Waals surface area contributed by atoms with Gasteiger partial charge in [0.05, 0.1) is 11.6 Å². The lowest BCUT2D eigenvalue weighted by molar-refractivity contribution is -0.268. The lowest BCUT2D eigenvalue weighted by atomic mass is 9.89. The Labute approximate surface area is 246 Å². The van der Waals surface area contributed by atoms with Crippen LogP contribution in [0.4, 0.5) is 0 Å². The Bertz CT molecular complexity index is 823. The SMILES string of the molecule is CCCCOC[C@H]1O[C@@H](c2cc(C=O)c(Cl)cc2OCOC)[C@H](OCCCC)[C@@H](OCCCC)[C@@H]1OCCCC. The molecule has 0 saturated carbocycles. The predicted octanol–water partition coefficient (Wildman–Crippen LogP) is 6.95. The van der Waals surface area contributed by atoms with E-state index in [9.17, 15) is 4.79 Å². The number of benzene rings is 1. The Morgan fingerprint density at radius 1 is 0.825 bits per heavy atom. The van der Waals surface area contributed by atoms with Gasteiger partial charge in [0, 0.05) is 44.7 Å². The van der Waals surface area contributed by atoms with Crippen LogP contribution in [0.2, 0.25) is 5.02 Å². The zero-order chi connectivity index (χ0) is 29.2. The van der Waals surface area contributed by atoms with Crippen LogP contribution in [0.15, 0.2) is 12.1 Å². The molecule has 5 atom stereocenters. The van der Waals surface area contributed by atoms with Gasteiger partial charge < -0.3 is 33.2 Å². The maximum atomic E-state index is 11.9. The smallest absolute Gasteiger partial charge is 0.188 e. The minimum Gasteiger partial charge on any atom is -0.467 e. The van der Waals surface area contributed by atoms with E-state index in [0.717, 1.165) is 57.7 Å². The first kappa shape index (κ1) is 34.9. The van der Waals surface area contributed by atoms with E-state index in [0.29, 0.717) is 54.9 Å². The first-order chi connectivity index (χ1) is 19.6. The first-order valence-corrected chi connectivity index (χ1v) is 15.4. The Hall–Kier alpha value is -1.26. The topological polar surface area (TPSA) is 81.7 Å². The molecule has 9 heteroatoms. The summed E-state index contributed by atoms with van der Waals surface area (Å²) in [6.07, 6.45) is 6.17. The van der Waals surface area contributed by atoms with Crippen LogP contribution in [0.3, 0.4) is 0 Å². The monoisotopic (exact) mass is 586 g/mol. The van der Waals surface area contributed by atoms with E-state index in [1.807, 2.05) is 0 Å². The second kappa shape index (κ2) is 20.6. The molecule has 1 heterocycles. The lowest BCUT2D eigenvalue weighted by Crippen LogP contribution is -2.58. The van der Waals surface area contributed by atoms with Crippen LogP contribution in [0.5, 0.6) is 5.75 Å². The third-order valence-corrected chi connectivity index (χ3v) is 7.20. The summed E-state index contributed by atoms with van der Waals surface area (Å²) >= 11 is 6.40. The molecule has 0 spiro atoms. The van der Waals surface area contributed by atoms with E-state index in [1.54, 1.807) is 19.2 Å². The molecule has 230 valence electrons. The number of halogens is 1. The number of carbonyl (C=O) groups excluding carboxylic acids is 1. The van der Waals surface area contributed by atoms with Gasteiger partial charge in [0.25, 0.3) is 0 Å². The molecule has 2 rings (SSSR count). The van der Waals surface area contributed by atoms with Crippen molar-refractivity contribution in [3.05, 3.63) is 28.3 Å². The fourth-order valence-corrected chi connectivity index (χ4v) is 4.76. The maximum Gasteiger partial charge on any atom is 0.188 e. The van der Waals surface area contributed by atoms with Crippen LogP contribution in [0.1, 0.15) is 101 Å². The Morgan fingerprint density at radius 2 is 1.40 bits per heavy atom. The largest absolute Gasteiger partial charge is 0.467 e. The van der Waals surface area contributed by atoms with E-state index >= 15 is 0 Å². The number of unbranched alkanes of at least 4 members (excludes halogenated alkanes) is 4. The van der Waals surface area contributed by atoms with Gasteiger partial charge in [-0.15, -0.1) is 0 Å². The summed E-state index contributed by atoms with van der Waals surface area (Å²) in [5.74, 6) is 0.467. The Morgan fingerprint density at radius 3 is 1.98 bits per heavy atom. The van der Waals surface area contributed by atoms with Gasteiger partial charge in [-0.05, 0) is 37.8 Å². The van der Waals surface area contributed by atoms with E-state index < -0.39 is 24.4 Å². The molecule has 0 aromatic heterocycles. The molecule has 1 aliphatic heterocycles. The third-order valence-electron chi connectivity index (χ3n) is 6.88. The fraction of sp³-hybridized carbons (Fsp3) is 0.774. The van der Waals surface area contributed by atoms with E-state index in [2.05, 4.69) is 27.7 Å². The molecule has 0 aliphatic carbocycles. The zero-order valence-corrected chi connectivity index (χ0v) is 25.9. The van der Waals surface area contributed by atoms with Crippen molar-refractivity contribution in [2.24, 2.45) is 0 Å². The number of rotatable bonds is 22. The van der Waals surface area contributed by atoms with Crippen LogP contribution < -0.4 is 4.74 Å². The molecular formula is C31H51ClO8. The van der Waals surface area contributed by atoms with Gasteiger partial charge >= 0.3 is 0 Å². The standard InChI is InChI=1S/C31H51ClO8/c1-6-10-14-35-21-27-29(36-15-11-7-2)31(38-17-13-9-4)30(37-16-12-8-3)28(40-27)24-18-23(20-33)25(32)19-26(24)39-22-34-5/h18-20,27-31H,6-17,21-22H2,1-5H3/t27-,28+,29-,30+,31+/m1/s1. The molecular weight excluding hydrogens is 536 g/mol. The Balaban J connectivity index is 2.58. The van der Waals surface area contributed by atoms with Gasteiger partial charge in [0.15, 0.2) is 13.1 Å². The second-order valence-electron chi connectivity index (χ2n) is 10.2. The van der Waals surface area contributed by atoms with E-state index in [4.69, 9.17) is 44.8 Å². The van der Waals surface area contributed by atoms with Gasteiger partial charge in [-0.2, -0.15) is 0 Å². The first-order valence-electron chi connectivity index (χ1n) is 15.0. The van der Waals surface area contributed by atoms with Crippen molar-refractivity contribution in [3.63, 3.8) is 0 Å². The van der Waals surface area contributed by atoms with Crippen molar-refractivity contribution >= 4 is 17.9 Å². The van der Waals surface area contributed by atoms with Gasteiger partial charge in [0.2, 0.25) is 0 Å². The van der Waals surface area contributed by atoms with Gasteiger partial charge in [-0.25, -0.2) is 0 Å². The van der Waals surface area contributed by atoms with E-state index in [1.165, 1.54) is 0 Å². The number of carbonyl (C=O) groups is 1. The van der Waals surface area contributed by atoms with Crippen molar-refractivity contribution < 1.29 is 38.0 Å². The van der Waals surface area contributed by atoms with Crippen LogP contribution in [-0.2, 0) is 28.4 Å². The number of aldehydes is 1. The molecule has 0 unspecified atom stereocenters. The molecule has 40 heavy (non-hydrogen) atoms. The minimum atomic E-state index is -0.614. The molecule has 0 N–H and O–H groups in total. The summed E-state index contributed by atoms with van der Waals surface area (Å²) in [5, 5.41) is 0.292. The molecule has 8 nitrogen and oxygen atoms in total. The highest BCUT2D eigenvalue weighted by atomic mass is 35.5. The molecule has 0 amide bonds. The molecule has 1 fully saturated rings. The van der Waals surface area contributed by atoms with Crippen molar-refractivity contribution in [1.82, 2.24) is 0 Å². The second-order valence-corrected chi connectivity index (χ2v) is 10.6. The highest BCUT2D eigenvalue weighted by Crippen LogP contribution is 2.42. The van der Waals surface area contributed by atoms with Gasteiger partial charge in [-0.3, -0.25) is 4.79 Å². The summed E-state index contributed by atoms with van der Waals surface area (Å²) in [6, 6.07) is 3.35. The number of ether oxygens (including phenoxy) is 7. The summed E-state index contributed by atoms with van der Waals surface area (Å²) < 4.78 is 43.6. The summed E-state index contributed by atoms with van der Waals surface area (Å²) in [7, 11) is 1.55. The predicted molar refractivity (Wildman–Crippen MR) is 157 cm³/mol. The number of hydrogen-bond donors (Lipinski definition) is 0. The van der Waals surface area contributed by atoms with Crippen molar-refractivity contribution in [2.75, 3.05) is 46.9 Å². The molecule has 1 aromatic rings. The maximum absolute atomic E-state index is 11.9. The highest BCUT2D eigenvalue weighted by molar-refractivity contribution is 6.33. The average Bonchev–Trinajstić information content (AvgIpc) is 2.96. The quantitative estimate of drug-likeness (QED) is 0.0820. The van der Waals surface area contributed by atoms with Crippen molar-refractivity contribution in [1.29, 1.82) is 0 Å². The van der Waals surface area contributed by atoms with Crippen LogP contribution in [-0.4, -0.2) is 77.6 Å². The highest BCUT2D eigenvalue weighted by Gasteiger charge is 2.49. The molecule has 0 radical (unpaired) electrons. The van der Waals surface area contributed by atoms with Gasteiger partial charge in [0.1, 0.15) is 36.3 Å². The number of methoxy groups -OCH3 is 1. The number of hydrogen-bond acceptors (Lipinski definition) is 8. The molecule has 1 aromatic carbocycles. The normalized spacial score (nSPS) is 22.9. The summed E-state index contributed by atoms with van der Waals surface area (Å²) in [4.78, 5) is 11.9. The van der Waals surface area contributed by atoms with Crippen LogP contribution in [0.25, 0.3) is 0 Å². The van der Waals surface area contributed by atoms with Crippen LogP contribution in [0, 0.1) is 0 Å². The third kappa shape index (κ3) is 10.9. The van der Waals surface area contributed by atoms with Crippen LogP contribution >= 0.6 is 11.6 Å². The lowest BCUT2D eigenvalue weighted by Gasteiger charge is -2.46. The van der Waals surface area contributed by atoms with Crippen molar-refractivity contribution in [2.45, 2.75) is 110 Å². The molecule has 1 saturated heterocycles. The van der Waals surface area contributed by atoms with E-state index in [-0.39, 0.29) is 12.9 Å². The summed E-state index contributed by atoms with van der Waals surface area (Å²) in [5.41, 5.74) is 0.998. The zero-order valence-electron chi connectivity index (χ0n) is 25.2. The minimum absolute atomic E-state index is 0.0145. The van der Waals surface area contributed by atoms with Crippen molar-refractivity contribution in [3.8, 4) is 5.75 Å².